The van der Waals surface area contributed by atoms with Crippen molar-refractivity contribution in [2.24, 2.45) is 0 Å². The zero-order chi connectivity index (χ0) is 12.3. The van der Waals surface area contributed by atoms with Crippen molar-refractivity contribution in [3.05, 3.63) is 26.2 Å². The van der Waals surface area contributed by atoms with Gasteiger partial charge in [-0.3, -0.25) is 4.79 Å². The molecule has 84 valence electrons. The van der Waals surface area contributed by atoms with Crippen molar-refractivity contribution in [2.75, 3.05) is 5.32 Å². The van der Waals surface area contributed by atoms with Crippen LogP contribution in [-0.2, 0) is 4.79 Å². The molecule has 0 heterocycles. The van der Waals surface area contributed by atoms with Crippen LogP contribution in [0.5, 0.6) is 0 Å². The number of nitrogens with zero attached hydrogens (tertiary/aromatic N) is 1. The highest BCUT2D eigenvalue weighted by molar-refractivity contribution is 6.51. The predicted molar refractivity (Wildman–Crippen MR) is 65.3 cm³/mol. The maximum absolute atomic E-state index is 11.2. The standard InChI is InChI=1S/C9H4Cl4N2O/c10-4-3-5(11)9(8(13)7(4)12)15-6(16)1-2-14/h3H,1H2,(H,15,16). The minimum absolute atomic E-state index is 0.0467. The average Bonchev–Trinajstić information content (AvgIpc) is 2.22. The Labute approximate surface area is 112 Å². The summed E-state index contributed by atoms with van der Waals surface area (Å²) in [5.74, 6) is -0.523. The molecular formula is C9H4Cl4N2O. The fraction of sp³-hybridized carbons (Fsp3) is 0.111. The zero-order valence-electron chi connectivity index (χ0n) is 7.65. The first-order chi connectivity index (χ1) is 7.47. The van der Waals surface area contributed by atoms with Crippen LogP contribution in [-0.4, -0.2) is 5.91 Å². The van der Waals surface area contributed by atoms with Crippen molar-refractivity contribution in [1.29, 1.82) is 5.26 Å². The van der Waals surface area contributed by atoms with Crippen LogP contribution in [0.1, 0.15) is 6.42 Å². The van der Waals surface area contributed by atoms with Crippen molar-refractivity contribution in [3.63, 3.8) is 0 Å². The number of carbonyl (C=O) groups is 1. The first-order valence-corrected chi connectivity index (χ1v) is 5.48. The van der Waals surface area contributed by atoms with Gasteiger partial charge in [0.2, 0.25) is 5.91 Å². The Balaban J connectivity index is 3.11. The molecule has 0 radical (unpaired) electrons. The Morgan fingerprint density at radius 2 is 1.88 bits per heavy atom. The third kappa shape index (κ3) is 2.93. The molecule has 16 heavy (non-hydrogen) atoms. The first-order valence-electron chi connectivity index (χ1n) is 3.97. The summed E-state index contributed by atoms with van der Waals surface area (Å²) in [4.78, 5) is 11.2. The topological polar surface area (TPSA) is 52.9 Å². The molecule has 0 aliphatic rings. The number of hydrogen-bond donors (Lipinski definition) is 1. The van der Waals surface area contributed by atoms with Crippen LogP contribution in [0.2, 0.25) is 20.1 Å². The third-order valence-electron chi connectivity index (χ3n) is 1.62. The maximum atomic E-state index is 11.2. The normalized spacial score (nSPS) is 9.69. The van der Waals surface area contributed by atoms with Gasteiger partial charge in [0.15, 0.2) is 0 Å². The molecule has 1 rings (SSSR count). The highest BCUT2D eigenvalue weighted by Gasteiger charge is 2.15. The summed E-state index contributed by atoms with van der Waals surface area (Å²) >= 11 is 23.2. The van der Waals surface area contributed by atoms with E-state index in [-0.39, 0.29) is 32.2 Å². The van der Waals surface area contributed by atoms with E-state index in [0.29, 0.717) is 0 Å². The summed E-state index contributed by atoms with van der Waals surface area (Å²) in [6, 6.07) is 3.06. The summed E-state index contributed by atoms with van der Waals surface area (Å²) < 4.78 is 0. The molecule has 0 bridgehead atoms. The molecule has 7 heteroatoms. The number of nitriles is 1. The Morgan fingerprint density at radius 3 is 2.44 bits per heavy atom. The molecule has 0 fully saturated rings. The van der Waals surface area contributed by atoms with Gasteiger partial charge < -0.3 is 5.32 Å². The van der Waals surface area contributed by atoms with Gasteiger partial charge in [0.05, 0.1) is 31.8 Å². The molecule has 0 saturated carbocycles. The molecule has 1 aromatic carbocycles. The number of anilines is 1. The van der Waals surface area contributed by atoms with Crippen LogP contribution in [0.3, 0.4) is 0 Å². The molecule has 0 unspecified atom stereocenters. The highest BCUT2D eigenvalue weighted by Crippen LogP contribution is 2.40. The average molecular weight is 298 g/mol. The molecule has 0 atom stereocenters. The lowest BCUT2D eigenvalue weighted by Crippen LogP contribution is -2.11. The van der Waals surface area contributed by atoms with Crippen LogP contribution in [0.15, 0.2) is 6.07 Å². The van der Waals surface area contributed by atoms with Gasteiger partial charge in [-0.15, -0.1) is 0 Å². The summed E-state index contributed by atoms with van der Waals surface area (Å²) in [5.41, 5.74) is 0.151. The van der Waals surface area contributed by atoms with E-state index < -0.39 is 5.91 Å². The molecule has 0 spiro atoms. The van der Waals surface area contributed by atoms with E-state index in [9.17, 15) is 4.79 Å². The van der Waals surface area contributed by atoms with E-state index >= 15 is 0 Å². The number of nitrogens with one attached hydrogen (secondary N) is 1. The number of benzene rings is 1. The van der Waals surface area contributed by atoms with Crippen LogP contribution in [0, 0.1) is 11.3 Å². The number of halogens is 4. The van der Waals surface area contributed by atoms with Gasteiger partial charge in [-0.05, 0) is 6.07 Å². The second-order valence-electron chi connectivity index (χ2n) is 2.73. The second-order valence-corrected chi connectivity index (χ2v) is 4.30. The van der Waals surface area contributed by atoms with Crippen molar-refractivity contribution < 1.29 is 4.79 Å². The molecule has 0 aliphatic carbocycles. The lowest BCUT2D eigenvalue weighted by atomic mass is 10.3. The summed E-state index contributed by atoms with van der Waals surface area (Å²) in [7, 11) is 0. The van der Waals surface area contributed by atoms with Crippen molar-refractivity contribution in [3.8, 4) is 6.07 Å². The number of hydrogen-bond acceptors (Lipinski definition) is 2. The molecule has 3 nitrogen and oxygen atoms in total. The molecular weight excluding hydrogens is 294 g/mol. The fourth-order valence-corrected chi connectivity index (χ4v) is 1.94. The van der Waals surface area contributed by atoms with Gasteiger partial charge in [0, 0.05) is 0 Å². The fourth-order valence-electron chi connectivity index (χ4n) is 0.936. The highest BCUT2D eigenvalue weighted by atomic mass is 35.5. The van der Waals surface area contributed by atoms with Crippen molar-refractivity contribution in [2.45, 2.75) is 6.42 Å². The number of rotatable bonds is 2. The first kappa shape index (κ1) is 13.4. The van der Waals surface area contributed by atoms with Crippen molar-refractivity contribution >= 4 is 58.0 Å². The molecule has 0 saturated heterocycles. The largest absolute Gasteiger partial charge is 0.323 e. The summed E-state index contributed by atoms with van der Waals surface area (Å²) in [5, 5.41) is 11.2. The smallest absolute Gasteiger partial charge is 0.238 e. The van der Waals surface area contributed by atoms with Crippen LogP contribution in [0.4, 0.5) is 5.69 Å². The summed E-state index contributed by atoms with van der Waals surface area (Å²) in [6.07, 6.45) is -0.299. The number of amides is 1. The third-order valence-corrected chi connectivity index (χ3v) is 3.18. The number of carbonyl (C=O) groups excluding carboxylic acids is 1. The maximum Gasteiger partial charge on any atom is 0.238 e. The van der Waals surface area contributed by atoms with Gasteiger partial charge in [0.25, 0.3) is 0 Å². The van der Waals surface area contributed by atoms with Crippen molar-refractivity contribution in [1.82, 2.24) is 0 Å². The second kappa shape index (κ2) is 5.60. The van der Waals surface area contributed by atoms with Crippen LogP contribution < -0.4 is 5.32 Å². The Bertz CT molecular complexity index is 481. The van der Waals surface area contributed by atoms with Gasteiger partial charge >= 0.3 is 0 Å². The SMILES string of the molecule is N#CCC(=O)Nc1c(Cl)cc(Cl)c(Cl)c1Cl. The monoisotopic (exact) mass is 296 g/mol. The summed E-state index contributed by atoms with van der Waals surface area (Å²) in [6.45, 7) is 0. The molecule has 0 aliphatic heterocycles. The Kier molecular flexibility index (Phi) is 4.69. The lowest BCUT2D eigenvalue weighted by molar-refractivity contribution is -0.115. The molecule has 1 amide bonds. The minimum Gasteiger partial charge on any atom is -0.323 e. The molecule has 0 aromatic heterocycles. The minimum atomic E-state index is -0.523. The molecule has 1 N–H and O–H groups in total. The van der Waals surface area contributed by atoms with E-state index in [1.54, 1.807) is 6.07 Å². The van der Waals surface area contributed by atoms with E-state index in [2.05, 4.69) is 5.32 Å². The lowest BCUT2D eigenvalue weighted by Gasteiger charge is -2.10. The quantitative estimate of drug-likeness (QED) is 0.658. The van der Waals surface area contributed by atoms with Gasteiger partial charge in [-0.2, -0.15) is 5.26 Å². The van der Waals surface area contributed by atoms with E-state index in [1.807, 2.05) is 0 Å². The van der Waals surface area contributed by atoms with E-state index in [1.165, 1.54) is 6.07 Å². The van der Waals surface area contributed by atoms with E-state index in [0.717, 1.165) is 0 Å². The van der Waals surface area contributed by atoms with Gasteiger partial charge in [-0.1, -0.05) is 46.4 Å². The Morgan fingerprint density at radius 1 is 1.25 bits per heavy atom. The van der Waals surface area contributed by atoms with Crippen LogP contribution >= 0.6 is 46.4 Å². The molecule has 1 aromatic rings. The van der Waals surface area contributed by atoms with Crippen LogP contribution in [0.25, 0.3) is 0 Å². The van der Waals surface area contributed by atoms with Gasteiger partial charge in [0.1, 0.15) is 6.42 Å². The predicted octanol–water partition coefficient (Wildman–Crippen LogP) is 4.15. The van der Waals surface area contributed by atoms with E-state index in [4.69, 9.17) is 51.7 Å². The van der Waals surface area contributed by atoms with Gasteiger partial charge in [-0.25, -0.2) is 0 Å². The zero-order valence-corrected chi connectivity index (χ0v) is 10.7. The Hall–Kier alpha value is -0.660.